The van der Waals surface area contributed by atoms with Crippen LogP contribution in [0.2, 0.25) is 0 Å². The van der Waals surface area contributed by atoms with E-state index in [1.165, 1.54) is 53.9 Å². The zero-order chi connectivity index (χ0) is 21.1. The van der Waals surface area contributed by atoms with Crippen LogP contribution in [0.15, 0.2) is 65.0 Å². The maximum Gasteiger partial charge on any atom is 0.263 e. The molecule has 30 heavy (non-hydrogen) atoms. The fraction of sp³-hybridized carbons (Fsp3) is 0.200. The van der Waals surface area contributed by atoms with Crippen molar-refractivity contribution < 1.29 is 19.0 Å². The monoisotopic (exact) mass is 448 g/mol. The van der Waals surface area contributed by atoms with Gasteiger partial charge >= 0.3 is 0 Å². The van der Waals surface area contributed by atoms with Crippen LogP contribution >= 0.6 is 11.3 Å². The quantitative estimate of drug-likeness (QED) is 0.599. The fourth-order valence-corrected chi connectivity index (χ4v) is 5.06. The van der Waals surface area contributed by atoms with E-state index in [1.807, 2.05) is 4.90 Å². The molecular formula is C20H21FN4O3S2. The number of benzene rings is 2. The van der Waals surface area contributed by atoms with Gasteiger partial charge in [-0.25, -0.2) is 17.8 Å². The Morgan fingerprint density at radius 3 is 2.57 bits per heavy atom. The molecule has 0 saturated carbocycles. The summed E-state index contributed by atoms with van der Waals surface area (Å²) in [6.45, 7) is 1.21. The molecule has 1 aromatic heterocycles. The van der Waals surface area contributed by atoms with Gasteiger partial charge in [-0.2, -0.15) is 0 Å². The van der Waals surface area contributed by atoms with Gasteiger partial charge in [-0.15, -0.1) is 11.3 Å². The second kappa shape index (κ2) is 8.41. The molecule has 1 aliphatic rings. The van der Waals surface area contributed by atoms with E-state index in [9.17, 15) is 17.6 Å². The molecule has 2 aromatic carbocycles. The summed E-state index contributed by atoms with van der Waals surface area (Å²) in [5.74, 6) is -0.673. The molecule has 7 nitrogen and oxygen atoms in total. The highest BCUT2D eigenvalue weighted by Crippen LogP contribution is 2.27. The number of hydrogen-bond donors (Lipinski definition) is 2. The lowest BCUT2D eigenvalue weighted by Gasteiger charge is -2.19. The maximum absolute atomic E-state index is 13.0. The molecule has 1 amide bonds. The lowest BCUT2D eigenvalue weighted by Crippen LogP contribution is -2.27. The van der Waals surface area contributed by atoms with Crippen molar-refractivity contribution in [2.45, 2.75) is 11.3 Å². The van der Waals surface area contributed by atoms with Crippen LogP contribution in [0.3, 0.4) is 0 Å². The van der Waals surface area contributed by atoms with Gasteiger partial charge in [-0.1, -0.05) is 0 Å². The minimum absolute atomic E-state index is 0. The van der Waals surface area contributed by atoms with Crippen LogP contribution in [0.4, 0.5) is 20.9 Å². The summed E-state index contributed by atoms with van der Waals surface area (Å²) in [5, 5.41) is 4.81. The first-order valence-corrected chi connectivity index (χ1v) is 11.6. The number of hydrogen-bond acceptors (Lipinski definition) is 6. The van der Waals surface area contributed by atoms with Gasteiger partial charge in [0.2, 0.25) is 5.91 Å². The number of halogens is 1. The number of thiazole rings is 1. The Morgan fingerprint density at radius 1 is 1.17 bits per heavy atom. The number of aromatic nitrogens is 1. The lowest BCUT2D eigenvalue weighted by atomic mass is 10.1. The molecule has 3 aromatic rings. The average Bonchev–Trinajstić information content (AvgIpc) is 3.42. The first-order valence-electron chi connectivity index (χ1n) is 9.24. The van der Waals surface area contributed by atoms with Crippen LogP contribution in [0.1, 0.15) is 7.85 Å². The summed E-state index contributed by atoms with van der Waals surface area (Å²) in [7, 11) is -3.70. The highest BCUT2D eigenvalue weighted by atomic mass is 32.2. The SMILES string of the molecule is O=C(Nc1ccc(F)cc1)C1CCN(c2ccc(S(=O)(=O)Nc3nccs3)cc2)C1.[HH]. The van der Waals surface area contributed by atoms with Gasteiger partial charge < -0.3 is 10.2 Å². The van der Waals surface area contributed by atoms with Crippen LogP contribution in [-0.4, -0.2) is 32.4 Å². The molecule has 1 unspecified atom stereocenters. The van der Waals surface area contributed by atoms with E-state index in [2.05, 4.69) is 15.0 Å². The van der Waals surface area contributed by atoms with Gasteiger partial charge in [0.1, 0.15) is 5.82 Å². The van der Waals surface area contributed by atoms with Gasteiger partial charge in [-0.3, -0.25) is 9.52 Å². The van der Waals surface area contributed by atoms with Crippen LogP contribution < -0.4 is 14.9 Å². The zero-order valence-electron chi connectivity index (χ0n) is 15.8. The third-order valence-electron chi connectivity index (χ3n) is 4.84. The third-order valence-corrected chi connectivity index (χ3v) is 7.01. The second-order valence-corrected chi connectivity index (χ2v) is 9.44. The molecule has 2 N–H and O–H groups in total. The number of amides is 1. The molecule has 1 saturated heterocycles. The maximum atomic E-state index is 13.0. The molecular weight excluding hydrogens is 427 g/mol. The molecule has 2 heterocycles. The first kappa shape index (κ1) is 20.3. The minimum atomic E-state index is -3.70. The molecule has 0 spiro atoms. The topological polar surface area (TPSA) is 91.4 Å². The lowest BCUT2D eigenvalue weighted by molar-refractivity contribution is -0.119. The summed E-state index contributed by atoms with van der Waals surface area (Å²) in [5.41, 5.74) is 1.41. The largest absolute Gasteiger partial charge is 0.371 e. The highest BCUT2D eigenvalue weighted by molar-refractivity contribution is 7.93. The minimum Gasteiger partial charge on any atom is -0.371 e. The number of nitrogens with one attached hydrogen (secondary N) is 2. The average molecular weight is 449 g/mol. The number of carbonyl (C=O) groups excluding carboxylic acids is 1. The van der Waals surface area contributed by atoms with E-state index >= 15 is 0 Å². The number of rotatable bonds is 6. The fourth-order valence-electron chi connectivity index (χ4n) is 3.27. The van der Waals surface area contributed by atoms with Gasteiger partial charge in [0, 0.05) is 37.5 Å². The molecule has 1 aliphatic heterocycles. The Labute approximate surface area is 179 Å². The number of sulfonamides is 1. The molecule has 1 fully saturated rings. The van der Waals surface area contributed by atoms with Crippen LogP contribution in [0, 0.1) is 11.7 Å². The van der Waals surface area contributed by atoms with E-state index in [1.54, 1.807) is 17.5 Å². The summed E-state index contributed by atoms with van der Waals surface area (Å²) < 4.78 is 40.3. The smallest absolute Gasteiger partial charge is 0.263 e. The van der Waals surface area contributed by atoms with E-state index in [0.717, 1.165) is 5.69 Å². The van der Waals surface area contributed by atoms with Crippen molar-refractivity contribution in [2.75, 3.05) is 28.0 Å². The Morgan fingerprint density at radius 2 is 1.90 bits per heavy atom. The Balaban J connectivity index is 0.00000272. The zero-order valence-corrected chi connectivity index (χ0v) is 17.4. The van der Waals surface area contributed by atoms with Gasteiger partial charge in [0.25, 0.3) is 10.0 Å². The van der Waals surface area contributed by atoms with Crippen LogP contribution in [-0.2, 0) is 14.8 Å². The summed E-state index contributed by atoms with van der Waals surface area (Å²) in [4.78, 5) is 18.6. The van der Waals surface area contributed by atoms with Crippen molar-refractivity contribution in [2.24, 2.45) is 5.92 Å². The third kappa shape index (κ3) is 4.60. The van der Waals surface area contributed by atoms with Gasteiger partial charge in [0.05, 0.1) is 10.8 Å². The summed E-state index contributed by atoms with van der Waals surface area (Å²) >= 11 is 1.21. The molecule has 1 atom stereocenters. The summed E-state index contributed by atoms with van der Waals surface area (Å²) in [6.07, 6.45) is 2.21. The molecule has 0 bridgehead atoms. The predicted octanol–water partition coefficient (Wildman–Crippen LogP) is 3.79. The predicted molar refractivity (Wildman–Crippen MR) is 117 cm³/mol. The second-order valence-electron chi connectivity index (χ2n) is 6.86. The van der Waals surface area contributed by atoms with E-state index in [4.69, 9.17) is 0 Å². The molecule has 10 heteroatoms. The number of carbonyl (C=O) groups is 1. The van der Waals surface area contributed by atoms with E-state index < -0.39 is 10.0 Å². The van der Waals surface area contributed by atoms with E-state index in [0.29, 0.717) is 30.3 Å². The molecule has 0 aliphatic carbocycles. The number of nitrogens with zero attached hydrogens (tertiary/aromatic N) is 2. The highest BCUT2D eigenvalue weighted by Gasteiger charge is 2.29. The van der Waals surface area contributed by atoms with Crippen molar-refractivity contribution in [3.63, 3.8) is 0 Å². The van der Waals surface area contributed by atoms with Crippen LogP contribution in [0.25, 0.3) is 0 Å². The number of anilines is 3. The molecule has 158 valence electrons. The van der Waals surface area contributed by atoms with Crippen molar-refractivity contribution in [3.8, 4) is 0 Å². The normalized spacial score (nSPS) is 16.4. The van der Waals surface area contributed by atoms with Crippen molar-refractivity contribution in [3.05, 3.63) is 65.9 Å². The van der Waals surface area contributed by atoms with E-state index in [-0.39, 0.29) is 24.0 Å². The Bertz CT molecular complexity index is 1120. The standard InChI is InChI=1S/C20H19FN4O3S2.H2/c21-15-1-3-16(4-2-15)23-19(26)14-9-11-25(13-14)17-5-7-18(8-6-17)30(27,28)24-20-22-10-12-29-20;/h1-8,10,12,14H,9,11,13H2,(H,22,24)(H,23,26);1H. The van der Waals surface area contributed by atoms with Crippen LogP contribution in [0.5, 0.6) is 0 Å². The van der Waals surface area contributed by atoms with Crippen molar-refractivity contribution in [1.82, 2.24) is 4.98 Å². The van der Waals surface area contributed by atoms with Gasteiger partial charge in [-0.05, 0) is 55.0 Å². The Kier molecular flexibility index (Phi) is 5.69. The van der Waals surface area contributed by atoms with Gasteiger partial charge in [0.15, 0.2) is 5.13 Å². The van der Waals surface area contributed by atoms with Crippen molar-refractivity contribution >= 4 is 43.8 Å². The Hall–Kier alpha value is -2.98. The first-order chi connectivity index (χ1) is 14.4. The summed E-state index contributed by atoms with van der Waals surface area (Å²) in [6, 6.07) is 12.2. The molecule has 4 rings (SSSR count). The van der Waals surface area contributed by atoms with Crippen molar-refractivity contribution in [1.29, 1.82) is 0 Å². The molecule has 0 radical (unpaired) electrons.